The highest BCUT2D eigenvalue weighted by Gasteiger charge is 2.27. The number of benzene rings is 3. The fraction of sp³-hybridized carbons (Fsp3) is 0.241. The summed E-state index contributed by atoms with van der Waals surface area (Å²) in [4.78, 5) is 20.1. The van der Waals surface area contributed by atoms with E-state index in [9.17, 15) is 4.79 Å². The summed E-state index contributed by atoms with van der Waals surface area (Å²) in [5.41, 5.74) is 4.06. The average molecular weight is 452 g/mol. The molecule has 5 rings (SSSR count). The molecule has 0 spiro atoms. The number of aromatic nitrogens is 1. The van der Waals surface area contributed by atoms with Crippen LogP contribution in [0.1, 0.15) is 17.9 Å². The normalized spacial score (nSPS) is 15.9. The van der Waals surface area contributed by atoms with E-state index in [1.165, 1.54) is 5.56 Å². The number of piperazine rings is 1. The first-order valence-corrected chi connectivity index (χ1v) is 11.9. The summed E-state index contributed by atoms with van der Waals surface area (Å²) in [6, 6.07) is 30.6. The number of rotatable bonds is 7. The molecule has 3 aromatic carbocycles. The van der Waals surface area contributed by atoms with Crippen LogP contribution in [0.3, 0.4) is 0 Å². The minimum absolute atomic E-state index is 0.156. The van der Waals surface area contributed by atoms with Crippen molar-refractivity contribution in [2.75, 3.05) is 19.6 Å². The van der Waals surface area contributed by atoms with Gasteiger partial charge in [0.15, 0.2) is 11.7 Å². The fourth-order valence-electron chi connectivity index (χ4n) is 4.56. The van der Waals surface area contributed by atoms with Crippen molar-refractivity contribution in [1.29, 1.82) is 0 Å². The van der Waals surface area contributed by atoms with Crippen LogP contribution < -0.4 is 5.32 Å². The lowest BCUT2D eigenvalue weighted by Gasteiger charge is -2.36. The second kappa shape index (κ2) is 10.5. The van der Waals surface area contributed by atoms with E-state index in [2.05, 4.69) is 29.6 Å². The van der Waals surface area contributed by atoms with Crippen molar-refractivity contribution in [3.05, 3.63) is 102 Å². The second-order valence-corrected chi connectivity index (χ2v) is 8.65. The minimum Gasteiger partial charge on any atom is -0.440 e. The van der Waals surface area contributed by atoms with E-state index in [0.717, 1.165) is 48.6 Å². The van der Waals surface area contributed by atoms with Crippen LogP contribution in [0.2, 0.25) is 0 Å². The molecule has 1 aliphatic heterocycles. The number of carbonyl (C=O) groups excluding carboxylic acids is 1. The molecule has 0 saturated carbocycles. The molecule has 0 aliphatic carbocycles. The van der Waals surface area contributed by atoms with Crippen LogP contribution in [0, 0.1) is 0 Å². The van der Waals surface area contributed by atoms with E-state index < -0.39 is 0 Å². The van der Waals surface area contributed by atoms with Crippen molar-refractivity contribution in [1.82, 2.24) is 15.2 Å². The third kappa shape index (κ3) is 5.10. The Bertz CT molecular complexity index is 1150. The molecule has 5 nitrogen and oxygen atoms in total. The van der Waals surface area contributed by atoms with Gasteiger partial charge in [0.2, 0.25) is 5.91 Å². The highest BCUT2D eigenvalue weighted by molar-refractivity contribution is 5.78. The first kappa shape index (κ1) is 22.1. The van der Waals surface area contributed by atoms with Gasteiger partial charge in [0.1, 0.15) is 5.69 Å². The van der Waals surface area contributed by atoms with Crippen LogP contribution in [0.15, 0.2) is 95.4 Å². The van der Waals surface area contributed by atoms with Crippen LogP contribution in [0.5, 0.6) is 0 Å². The van der Waals surface area contributed by atoms with Crippen molar-refractivity contribution in [3.63, 3.8) is 0 Å². The third-order valence-corrected chi connectivity index (χ3v) is 6.29. The number of amides is 1. The van der Waals surface area contributed by atoms with Crippen LogP contribution in [-0.2, 0) is 17.6 Å². The second-order valence-electron chi connectivity index (χ2n) is 8.65. The number of hydrogen-bond acceptors (Lipinski definition) is 4. The quantitative estimate of drug-likeness (QED) is 0.430. The maximum atomic E-state index is 13.2. The molecule has 0 bridgehead atoms. The first-order chi connectivity index (χ1) is 16.8. The topological polar surface area (TPSA) is 58.4 Å². The fourth-order valence-corrected chi connectivity index (χ4v) is 4.56. The molecular formula is C29H29N3O2. The molecule has 1 amide bonds. The maximum absolute atomic E-state index is 13.2. The van der Waals surface area contributed by atoms with Gasteiger partial charge in [0.25, 0.3) is 0 Å². The Kier molecular flexibility index (Phi) is 6.82. The Morgan fingerprint density at radius 1 is 0.912 bits per heavy atom. The van der Waals surface area contributed by atoms with Crippen molar-refractivity contribution >= 4 is 5.91 Å². The summed E-state index contributed by atoms with van der Waals surface area (Å²) in [7, 11) is 0. The molecule has 34 heavy (non-hydrogen) atoms. The first-order valence-electron chi connectivity index (χ1n) is 11.9. The number of nitrogens with zero attached hydrogens (tertiary/aromatic N) is 2. The number of nitrogens with one attached hydrogen (secondary N) is 1. The summed E-state index contributed by atoms with van der Waals surface area (Å²) < 4.78 is 6.22. The van der Waals surface area contributed by atoms with Gasteiger partial charge in [0.05, 0.1) is 0 Å². The Labute approximate surface area is 200 Å². The van der Waals surface area contributed by atoms with Gasteiger partial charge < -0.3 is 14.6 Å². The van der Waals surface area contributed by atoms with E-state index in [0.29, 0.717) is 18.7 Å². The molecule has 5 heteroatoms. The SMILES string of the molecule is O=C(CCc1nc(-c2ccccc2)c(-c2ccccc2)o1)N1CCNC[C@H]1Cc1ccccc1. The van der Waals surface area contributed by atoms with Gasteiger partial charge >= 0.3 is 0 Å². The number of oxazole rings is 1. The van der Waals surface area contributed by atoms with E-state index in [1.54, 1.807) is 0 Å². The molecule has 1 aromatic heterocycles. The summed E-state index contributed by atoms with van der Waals surface area (Å²) in [6.07, 6.45) is 1.72. The standard InChI is InChI=1S/C29H29N3O2/c33-27(32-19-18-30-21-25(32)20-22-10-4-1-5-11-22)17-16-26-31-28(23-12-6-2-7-13-23)29(34-26)24-14-8-3-9-15-24/h1-15,25,30H,16-21H2/t25-/m1/s1. The summed E-state index contributed by atoms with van der Waals surface area (Å²) >= 11 is 0. The molecule has 1 saturated heterocycles. The zero-order valence-corrected chi connectivity index (χ0v) is 19.2. The van der Waals surface area contributed by atoms with Crippen molar-refractivity contribution in [2.24, 2.45) is 0 Å². The van der Waals surface area contributed by atoms with Crippen molar-refractivity contribution in [2.45, 2.75) is 25.3 Å². The Hall–Kier alpha value is -3.70. The summed E-state index contributed by atoms with van der Waals surface area (Å²) in [6.45, 7) is 2.37. The molecule has 0 unspecified atom stereocenters. The number of aryl methyl sites for hydroxylation is 1. The Morgan fingerprint density at radius 3 is 2.26 bits per heavy atom. The molecule has 172 valence electrons. The smallest absolute Gasteiger partial charge is 0.223 e. The van der Waals surface area contributed by atoms with Gasteiger partial charge in [-0.15, -0.1) is 0 Å². The van der Waals surface area contributed by atoms with E-state index >= 15 is 0 Å². The molecule has 0 radical (unpaired) electrons. The molecule has 4 aromatic rings. The van der Waals surface area contributed by atoms with E-state index in [1.807, 2.05) is 71.6 Å². The van der Waals surface area contributed by atoms with Gasteiger partial charge in [-0.25, -0.2) is 4.98 Å². The largest absolute Gasteiger partial charge is 0.440 e. The lowest BCUT2D eigenvalue weighted by molar-refractivity contribution is -0.134. The molecular weight excluding hydrogens is 422 g/mol. The van der Waals surface area contributed by atoms with Gasteiger partial charge in [-0.3, -0.25) is 4.79 Å². The zero-order chi connectivity index (χ0) is 23.2. The van der Waals surface area contributed by atoms with Gasteiger partial charge in [-0.1, -0.05) is 91.0 Å². The third-order valence-electron chi connectivity index (χ3n) is 6.29. The maximum Gasteiger partial charge on any atom is 0.223 e. The Balaban J connectivity index is 1.32. The van der Waals surface area contributed by atoms with Crippen LogP contribution in [0.25, 0.3) is 22.6 Å². The molecule has 2 heterocycles. The van der Waals surface area contributed by atoms with Crippen molar-refractivity contribution < 1.29 is 9.21 Å². The lowest BCUT2D eigenvalue weighted by atomic mass is 10.0. The summed E-state index contributed by atoms with van der Waals surface area (Å²) in [5.74, 6) is 1.50. The molecule has 1 atom stereocenters. The Morgan fingerprint density at radius 2 is 1.56 bits per heavy atom. The highest BCUT2D eigenvalue weighted by Crippen LogP contribution is 2.33. The van der Waals surface area contributed by atoms with Crippen molar-refractivity contribution in [3.8, 4) is 22.6 Å². The minimum atomic E-state index is 0.156. The van der Waals surface area contributed by atoms with E-state index in [-0.39, 0.29) is 11.9 Å². The van der Waals surface area contributed by atoms with Crippen LogP contribution >= 0.6 is 0 Å². The average Bonchev–Trinajstić information content (AvgIpc) is 3.34. The highest BCUT2D eigenvalue weighted by atomic mass is 16.4. The predicted octanol–water partition coefficient (Wildman–Crippen LogP) is 4.98. The zero-order valence-electron chi connectivity index (χ0n) is 19.2. The number of carbonyl (C=O) groups is 1. The van der Waals surface area contributed by atoms with Gasteiger partial charge in [0, 0.05) is 49.6 Å². The number of hydrogen-bond donors (Lipinski definition) is 1. The molecule has 1 fully saturated rings. The monoisotopic (exact) mass is 451 g/mol. The van der Waals surface area contributed by atoms with Gasteiger partial charge in [-0.05, 0) is 12.0 Å². The van der Waals surface area contributed by atoms with Crippen LogP contribution in [0.4, 0.5) is 0 Å². The molecule has 1 aliphatic rings. The summed E-state index contributed by atoms with van der Waals surface area (Å²) in [5, 5.41) is 3.44. The lowest BCUT2D eigenvalue weighted by Crippen LogP contribution is -2.54. The van der Waals surface area contributed by atoms with Crippen LogP contribution in [-0.4, -0.2) is 41.5 Å². The van der Waals surface area contributed by atoms with E-state index in [4.69, 9.17) is 9.40 Å². The molecule has 1 N–H and O–H groups in total. The van der Waals surface area contributed by atoms with Gasteiger partial charge in [-0.2, -0.15) is 0 Å². The predicted molar refractivity (Wildman–Crippen MR) is 134 cm³/mol.